The first-order valence-corrected chi connectivity index (χ1v) is 5.02. The Morgan fingerprint density at radius 2 is 2.31 bits per heavy atom. The van der Waals surface area contributed by atoms with E-state index in [4.69, 9.17) is 5.26 Å². The van der Waals surface area contributed by atoms with Crippen LogP contribution in [-0.2, 0) is 11.2 Å². The second-order valence-electron chi connectivity index (χ2n) is 3.51. The molecule has 0 saturated heterocycles. The van der Waals surface area contributed by atoms with Gasteiger partial charge in [-0.3, -0.25) is 4.79 Å². The third kappa shape index (κ3) is 3.70. The summed E-state index contributed by atoms with van der Waals surface area (Å²) in [6.45, 7) is 2.29. The lowest BCUT2D eigenvalue weighted by Crippen LogP contribution is -2.25. The van der Waals surface area contributed by atoms with Crippen molar-refractivity contribution in [2.24, 2.45) is 0 Å². The van der Waals surface area contributed by atoms with E-state index in [9.17, 15) is 9.18 Å². The second-order valence-corrected chi connectivity index (χ2v) is 3.51. The van der Waals surface area contributed by atoms with Crippen LogP contribution in [0.1, 0.15) is 17.5 Å². The zero-order valence-electron chi connectivity index (χ0n) is 9.09. The van der Waals surface area contributed by atoms with Crippen LogP contribution >= 0.6 is 0 Å². The van der Waals surface area contributed by atoms with Crippen molar-refractivity contribution in [3.63, 3.8) is 0 Å². The van der Waals surface area contributed by atoms with Gasteiger partial charge < -0.3 is 5.32 Å². The number of hydrogen-bond acceptors (Lipinski definition) is 2. The van der Waals surface area contributed by atoms with Gasteiger partial charge in [-0.1, -0.05) is 6.07 Å². The van der Waals surface area contributed by atoms with E-state index in [1.165, 1.54) is 12.1 Å². The van der Waals surface area contributed by atoms with Crippen molar-refractivity contribution < 1.29 is 9.18 Å². The van der Waals surface area contributed by atoms with Crippen molar-refractivity contribution in [2.75, 3.05) is 6.54 Å². The molecule has 0 aromatic heterocycles. The molecule has 0 aliphatic rings. The Morgan fingerprint density at radius 3 is 2.94 bits per heavy atom. The fraction of sp³-hybridized carbons (Fsp3) is 0.333. The normalized spacial score (nSPS) is 9.56. The predicted molar refractivity (Wildman–Crippen MR) is 58.1 cm³/mol. The maximum absolute atomic E-state index is 12.8. The highest BCUT2D eigenvalue weighted by molar-refractivity contribution is 5.77. The molecule has 84 valence electrons. The number of amides is 1. The lowest BCUT2D eigenvalue weighted by Gasteiger charge is -2.06. The Kier molecular flexibility index (Phi) is 4.46. The van der Waals surface area contributed by atoms with Gasteiger partial charge in [0.25, 0.3) is 0 Å². The molecule has 16 heavy (non-hydrogen) atoms. The number of carbonyl (C=O) groups excluding carboxylic acids is 1. The largest absolute Gasteiger partial charge is 0.355 e. The minimum Gasteiger partial charge on any atom is -0.355 e. The first kappa shape index (κ1) is 12.2. The molecule has 3 nitrogen and oxygen atoms in total. The van der Waals surface area contributed by atoms with Gasteiger partial charge in [-0.15, -0.1) is 0 Å². The standard InChI is InChI=1S/C12H13FN2O/c1-9-8-11(13)3-2-10(9)5-7-15-12(16)4-6-14/h2-3,8H,4-5,7H2,1H3,(H,15,16). The summed E-state index contributed by atoms with van der Waals surface area (Å²) in [5.74, 6) is -0.531. The molecule has 1 aromatic rings. The van der Waals surface area contributed by atoms with E-state index < -0.39 is 0 Å². The fourth-order valence-electron chi connectivity index (χ4n) is 1.41. The minimum absolute atomic E-state index is 0.123. The number of nitrogens with one attached hydrogen (secondary N) is 1. The molecular weight excluding hydrogens is 207 g/mol. The summed E-state index contributed by atoms with van der Waals surface area (Å²) in [7, 11) is 0. The van der Waals surface area contributed by atoms with Crippen LogP contribution in [0.2, 0.25) is 0 Å². The quantitative estimate of drug-likeness (QED) is 0.839. The number of aryl methyl sites for hydroxylation is 1. The molecule has 1 amide bonds. The van der Waals surface area contributed by atoms with Crippen LogP contribution in [0.4, 0.5) is 4.39 Å². The summed E-state index contributed by atoms with van der Waals surface area (Å²) in [6, 6.07) is 6.35. The average molecular weight is 220 g/mol. The number of nitrogens with zero attached hydrogens (tertiary/aromatic N) is 1. The van der Waals surface area contributed by atoms with Gasteiger partial charge in [0, 0.05) is 6.54 Å². The molecule has 0 bridgehead atoms. The number of nitriles is 1. The van der Waals surface area contributed by atoms with Gasteiger partial charge in [-0.05, 0) is 36.6 Å². The Morgan fingerprint density at radius 1 is 1.56 bits per heavy atom. The van der Waals surface area contributed by atoms with Crippen LogP contribution in [0.15, 0.2) is 18.2 Å². The number of carbonyl (C=O) groups is 1. The summed E-state index contributed by atoms with van der Waals surface area (Å²) in [6.07, 6.45) is 0.520. The van der Waals surface area contributed by atoms with Crippen LogP contribution in [0.5, 0.6) is 0 Å². The van der Waals surface area contributed by atoms with Crippen molar-refractivity contribution in [3.05, 3.63) is 35.1 Å². The van der Waals surface area contributed by atoms with Gasteiger partial charge >= 0.3 is 0 Å². The molecule has 1 aromatic carbocycles. The van der Waals surface area contributed by atoms with Gasteiger partial charge in [0.2, 0.25) is 5.91 Å². The molecular formula is C12H13FN2O. The molecule has 4 heteroatoms. The van der Waals surface area contributed by atoms with Crippen LogP contribution in [-0.4, -0.2) is 12.5 Å². The van der Waals surface area contributed by atoms with Gasteiger partial charge in [-0.2, -0.15) is 5.26 Å². The zero-order valence-corrected chi connectivity index (χ0v) is 9.09. The second kappa shape index (κ2) is 5.86. The van der Waals surface area contributed by atoms with Gasteiger partial charge in [-0.25, -0.2) is 4.39 Å². The van der Waals surface area contributed by atoms with E-state index in [-0.39, 0.29) is 18.1 Å². The van der Waals surface area contributed by atoms with Crippen molar-refractivity contribution in [1.29, 1.82) is 5.26 Å². The Bertz CT molecular complexity index is 424. The highest BCUT2D eigenvalue weighted by atomic mass is 19.1. The summed E-state index contributed by atoms with van der Waals surface area (Å²) in [5.41, 5.74) is 1.87. The molecule has 0 aliphatic carbocycles. The lowest BCUT2D eigenvalue weighted by atomic mass is 10.1. The smallest absolute Gasteiger partial charge is 0.234 e. The van der Waals surface area contributed by atoms with E-state index in [2.05, 4.69) is 5.32 Å². The van der Waals surface area contributed by atoms with E-state index in [1.807, 2.05) is 6.92 Å². The Hall–Kier alpha value is -1.89. The highest BCUT2D eigenvalue weighted by Gasteiger charge is 2.02. The fourth-order valence-corrected chi connectivity index (χ4v) is 1.41. The third-order valence-corrected chi connectivity index (χ3v) is 2.26. The van der Waals surface area contributed by atoms with Gasteiger partial charge in [0.05, 0.1) is 6.07 Å². The monoisotopic (exact) mass is 220 g/mol. The topological polar surface area (TPSA) is 52.9 Å². The van der Waals surface area contributed by atoms with Crippen molar-refractivity contribution in [1.82, 2.24) is 5.32 Å². The van der Waals surface area contributed by atoms with E-state index in [1.54, 1.807) is 12.1 Å². The minimum atomic E-state index is -0.276. The maximum Gasteiger partial charge on any atom is 0.234 e. The van der Waals surface area contributed by atoms with Crippen molar-refractivity contribution in [2.45, 2.75) is 19.8 Å². The van der Waals surface area contributed by atoms with E-state index in [0.29, 0.717) is 13.0 Å². The number of benzene rings is 1. The lowest BCUT2D eigenvalue weighted by molar-refractivity contribution is -0.120. The average Bonchev–Trinajstić information content (AvgIpc) is 2.22. The van der Waals surface area contributed by atoms with Crippen LogP contribution in [0.3, 0.4) is 0 Å². The van der Waals surface area contributed by atoms with Crippen LogP contribution in [0, 0.1) is 24.1 Å². The SMILES string of the molecule is Cc1cc(F)ccc1CCNC(=O)CC#N. The molecule has 1 N–H and O–H groups in total. The highest BCUT2D eigenvalue weighted by Crippen LogP contribution is 2.10. The summed E-state index contributed by atoms with van der Waals surface area (Å²) >= 11 is 0. The van der Waals surface area contributed by atoms with Crippen LogP contribution < -0.4 is 5.32 Å². The molecule has 0 saturated carbocycles. The summed E-state index contributed by atoms with van der Waals surface area (Å²) in [5, 5.41) is 10.9. The number of halogens is 1. The van der Waals surface area contributed by atoms with Gasteiger partial charge in [0.15, 0.2) is 0 Å². The predicted octanol–water partition coefficient (Wildman–Crippen LogP) is 1.71. The number of hydrogen-bond donors (Lipinski definition) is 1. The van der Waals surface area contributed by atoms with Crippen LogP contribution in [0.25, 0.3) is 0 Å². The van der Waals surface area contributed by atoms with E-state index in [0.717, 1.165) is 11.1 Å². The summed E-state index contributed by atoms with van der Waals surface area (Å²) < 4.78 is 12.8. The molecule has 0 radical (unpaired) electrons. The Labute approximate surface area is 93.9 Å². The Balaban J connectivity index is 2.44. The molecule has 0 fully saturated rings. The van der Waals surface area contributed by atoms with Crippen molar-refractivity contribution >= 4 is 5.91 Å². The van der Waals surface area contributed by atoms with E-state index >= 15 is 0 Å². The molecule has 0 atom stereocenters. The summed E-state index contributed by atoms with van der Waals surface area (Å²) in [4.78, 5) is 11.0. The van der Waals surface area contributed by atoms with Crippen molar-refractivity contribution in [3.8, 4) is 6.07 Å². The molecule has 0 spiro atoms. The molecule has 0 unspecified atom stereocenters. The molecule has 0 aliphatic heterocycles. The first-order valence-electron chi connectivity index (χ1n) is 5.02. The third-order valence-electron chi connectivity index (χ3n) is 2.26. The first-order chi connectivity index (χ1) is 7.63. The molecule has 1 rings (SSSR count). The van der Waals surface area contributed by atoms with Gasteiger partial charge in [0.1, 0.15) is 12.2 Å². The zero-order chi connectivity index (χ0) is 12.0. The maximum atomic E-state index is 12.8. The number of rotatable bonds is 4. The molecule has 0 heterocycles.